The number of aromatic nitrogens is 2. The number of fused-ring (bicyclic) bond motifs is 6. The molecule has 0 saturated carbocycles. The molecule has 0 fully saturated rings. The molecule has 0 bridgehead atoms. The third-order valence-electron chi connectivity index (χ3n) is 8.47. The van der Waals surface area contributed by atoms with Gasteiger partial charge in [0.05, 0.1) is 0 Å². The first kappa shape index (κ1) is 22.2. The van der Waals surface area contributed by atoms with Crippen molar-refractivity contribution >= 4 is 21.9 Å². The van der Waals surface area contributed by atoms with Crippen molar-refractivity contribution in [3.63, 3.8) is 0 Å². The number of hydrogen-bond acceptors (Lipinski definition) is 2. The number of rotatable bonds is 2. The second-order valence-electron chi connectivity index (χ2n) is 10.7. The van der Waals surface area contributed by atoms with Crippen molar-refractivity contribution in [2.24, 2.45) is 5.92 Å². The van der Waals surface area contributed by atoms with Gasteiger partial charge in [-0.05, 0) is 126 Å². The lowest BCUT2D eigenvalue weighted by Gasteiger charge is -2.16. The molecule has 2 heterocycles. The maximum Gasteiger partial charge on any atom is 0.0273 e. The van der Waals surface area contributed by atoms with Gasteiger partial charge in [0.25, 0.3) is 0 Å². The summed E-state index contributed by atoms with van der Waals surface area (Å²) in [5.41, 5.74) is 15.8. The van der Waals surface area contributed by atoms with Crippen LogP contribution in [0.5, 0.6) is 0 Å². The first-order valence-corrected chi connectivity index (χ1v) is 13.6. The van der Waals surface area contributed by atoms with Gasteiger partial charge in [-0.1, -0.05) is 67.6 Å². The molecule has 1 atom stereocenters. The Kier molecular flexibility index (Phi) is 4.90. The number of pyridine rings is 2. The third-order valence-corrected chi connectivity index (χ3v) is 8.47. The van der Waals surface area contributed by atoms with Crippen molar-refractivity contribution in [2.75, 3.05) is 0 Å². The summed E-state index contributed by atoms with van der Waals surface area (Å²) in [6.07, 6.45) is 8.56. The van der Waals surface area contributed by atoms with Crippen LogP contribution in [0.25, 0.3) is 55.3 Å². The summed E-state index contributed by atoms with van der Waals surface area (Å²) in [6.45, 7) is 2.40. The molecule has 4 aromatic carbocycles. The van der Waals surface area contributed by atoms with E-state index in [4.69, 9.17) is 0 Å². The van der Waals surface area contributed by atoms with E-state index >= 15 is 0 Å². The summed E-state index contributed by atoms with van der Waals surface area (Å²) in [5.74, 6) is 0.425. The quantitative estimate of drug-likeness (QED) is 0.238. The highest BCUT2D eigenvalue weighted by atomic mass is 14.6. The zero-order valence-electron chi connectivity index (χ0n) is 21.7. The van der Waals surface area contributed by atoms with Gasteiger partial charge in [0.15, 0.2) is 0 Å². The fourth-order valence-corrected chi connectivity index (χ4v) is 6.71. The van der Waals surface area contributed by atoms with E-state index in [-0.39, 0.29) is 0 Å². The Hall–Kier alpha value is -4.82. The molecule has 184 valence electrons. The van der Waals surface area contributed by atoms with Crippen LogP contribution in [0.15, 0.2) is 122 Å². The van der Waals surface area contributed by atoms with Crippen LogP contribution >= 0.6 is 0 Å². The topological polar surface area (TPSA) is 25.8 Å². The fourth-order valence-electron chi connectivity index (χ4n) is 6.71. The van der Waals surface area contributed by atoms with Gasteiger partial charge in [-0.25, -0.2) is 0 Å². The molecular formula is C37H26N2. The van der Waals surface area contributed by atoms with Gasteiger partial charge in [0, 0.05) is 24.8 Å². The van der Waals surface area contributed by atoms with E-state index in [0.717, 1.165) is 6.42 Å². The van der Waals surface area contributed by atoms with Crippen molar-refractivity contribution < 1.29 is 0 Å². The van der Waals surface area contributed by atoms with Crippen molar-refractivity contribution in [3.8, 4) is 33.4 Å². The number of hydrogen-bond donors (Lipinski definition) is 0. The van der Waals surface area contributed by atoms with E-state index in [1.807, 2.05) is 24.8 Å². The van der Waals surface area contributed by atoms with Gasteiger partial charge in [0.2, 0.25) is 0 Å². The molecule has 2 aromatic heterocycles. The highest BCUT2D eigenvalue weighted by Gasteiger charge is 2.34. The number of benzene rings is 4. The van der Waals surface area contributed by atoms with Crippen molar-refractivity contribution in [1.29, 1.82) is 0 Å². The van der Waals surface area contributed by atoms with Crippen molar-refractivity contribution in [1.82, 2.24) is 9.97 Å². The minimum atomic E-state index is 0.425. The summed E-state index contributed by atoms with van der Waals surface area (Å²) in [7, 11) is 0. The summed E-state index contributed by atoms with van der Waals surface area (Å²) >= 11 is 0. The Balaban J connectivity index is 1.46. The van der Waals surface area contributed by atoms with Crippen molar-refractivity contribution in [3.05, 3.63) is 144 Å². The lowest BCUT2D eigenvalue weighted by atomic mass is 9.87. The van der Waals surface area contributed by atoms with Crippen LogP contribution in [0.3, 0.4) is 0 Å². The molecule has 2 nitrogen and oxygen atoms in total. The van der Waals surface area contributed by atoms with E-state index in [1.165, 1.54) is 77.6 Å². The van der Waals surface area contributed by atoms with Gasteiger partial charge in [-0.2, -0.15) is 0 Å². The molecule has 2 aliphatic rings. The SMILES string of the molecule is CC1Cc2ccc3ccccc3c2C1=C1c2cc(-c3ccncc3)ccc2-c2ccc(-c3ccncc3)cc21. The van der Waals surface area contributed by atoms with Crippen LogP contribution < -0.4 is 0 Å². The van der Waals surface area contributed by atoms with Crippen LogP contribution in [0, 0.1) is 5.92 Å². The molecular weight excluding hydrogens is 472 g/mol. The van der Waals surface area contributed by atoms with Gasteiger partial charge in [0.1, 0.15) is 0 Å². The molecule has 2 heteroatoms. The molecule has 1 unspecified atom stereocenters. The molecule has 39 heavy (non-hydrogen) atoms. The van der Waals surface area contributed by atoms with Crippen LogP contribution in [0.1, 0.15) is 29.2 Å². The Morgan fingerprint density at radius 2 is 1.15 bits per heavy atom. The van der Waals surface area contributed by atoms with Crippen LogP contribution in [0.4, 0.5) is 0 Å². The average molecular weight is 499 g/mol. The summed E-state index contributed by atoms with van der Waals surface area (Å²) in [6, 6.07) is 35.8. The standard InChI is InChI=1S/C37H26N2/c1-23-20-29-7-6-26-4-2-3-5-30(26)36(29)35(23)37-33-21-27(24-12-16-38-17-13-24)8-10-31(33)32-11-9-28(22-34(32)37)25-14-18-39-19-15-25/h2-19,21-23H,20H2,1H3. The molecule has 0 saturated heterocycles. The molecule has 2 aliphatic carbocycles. The zero-order chi connectivity index (χ0) is 25.9. The monoisotopic (exact) mass is 498 g/mol. The molecule has 0 amide bonds. The first-order chi connectivity index (χ1) is 19.3. The average Bonchev–Trinajstić information content (AvgIpc) is 3.50. The third kappa shape index (κ3) is 3.42. The predicted molar refractivity (Wildman–Crippen MR) is 161 cm³/mol. The van der Waals surface area contributed by atoms with E-state index in [0.29, 0.717) is 5.92 Å². The lowest BCUT2D eigenvalue weighted by Crippen LogP contribution is -1.97. The summed E-state index contributed by atoms with van der Waals surface area (Å²) in [4.78, 5) is 8.48. The fraction of sp³-hybridized carbons (Fsp3) is 0.0811. The number of nitrogens with zero attached hydrogens (tertiary/aromatic N) is 2. The number of allylic oxidation sites excluding steroid dienone is 1. The van der Waals surface area contributed by atoms with E-state index < -0.39 is 0 Å². The van der Waals surface area contributed by atoms with Gasteiger partial charge < -0.3 is 0 Å². The maximum absolute atomic E-state index is 4.24. The Morgan fingerprint density at radius 3 is 1.77 bits per heavy atom. The molecule has 0 N–H and O–H groups in total. The highest BCUT2D eigenvalue weighted by Crippen LogP contribution is 2.54. The summed E-state index contributed by atoms with van der Waals surface area (Å²) in [5, 5.41) is 2.66. The predicted octanol–water partition coefficient (Wildman–Crippen LogP) is 9.10. The van der Waals surface area contributed by atoms with Crippen LogP contribution in [0.2, 0.25) is 0 Å². The zero-order valence-corrected chi connectivity index (χ0v) is 21.7. The maximum atomic E-state index is 4.24. The molecule has 8 rings (SSSR count). The largest absolute Gasteiger partial charge is 0.265 e. The second kappa shape index (κ2) is 8.61. The van der Waals surface area contributed by atoms with Gasteiger partial charge in [-0.3, -0.25) is 9.97 Å². The Morgan fingerprint density at radius 1 is 0.564 bits per heavy atom. The van der Waals surface area contributed by atoms with Crippen molar-refractivity contribution in [2.45, 2.75) is 13.3 Å². The highest BCUT2D eigenvalue weighted by molar-refractivity contribution is 6.15. The summed E-state index contributed by atoms with van der Waals surface area (Å²) < 4.78 is 0. The minimum Gasteiger partial charge on any atom is -0.265 e. The van der Waals surface area contributed by atoms with E-state index in [9.17, 15) is 0 Å². The molecule has 6 aromatic rings. The smallest absolute Gasteiger partial charge is 0.0273 e. The van der Waals surface area contributed by atoms with E-state index in [2.05, 4.69) is 114 Å². The Labute approximate surface area is 228 Å². The minimum absolute atomic E-state index is 0.425. The van der Waals surface area contributed by atoms with E-state index in [1.54, 1.807) is 0 Å². The molecule has 0 spiro atoms. The lowest BCUT2D eigenvalue weighted by molar-refractivity contribution is 0.782. The van der Waals surface area contributed by atoms with Gasteiger partial charge >= 0.3 is 0 Å². The van der Waals surface area contributed by atoms with Gasteiger partial charge in [-0.15, -0.1) is 0 Å². The van der Waals surface area contributed by atoms with Crippen LogP contribution in [-0.4, -0.2) is 9.97 Å². The Bertz CT molecular complexity index is 1840. The normalized spacial score (nSPS) is 15.4. The van der Waals surface area contributed by atoms with Crippen LogP contribution in [-0.2, 0) is 6.42 Å². The molecule has 0 aliphatic heterocycles. The second-order valence-corrected chi connectivity index (χ2v) is 10.7. The molecule has 0 radical (unpaired) electrons. The first-order valence-electron chi connectivity index (χ1n) is 13.6.